The van der Waals surface area contributed by atoms with Gasteiger partial charge < -0.3 is 0 Å². The molecule has 0 aliphatic rings. The number of ketones is 1. The lowest BCUT2D eigenvalue weighted by Crippen LogP contribution is -2.22. The number of hydrogen-bond donors (Lipinski definition) is 0. The van der Waals surface area contributed by atoms with Gasteiger partial charge in [0.2, 0.25) is 0 Å². The molecule has 2 nitrogen and oxygen atoms in total. The zero-order valence-electron chi connectivity index (χ0n) is 13.1. The summed E-state index contributed by atoms with van der Waals surface area (Å²) in [5, 5.41) is 0. The zero-order valence-corrected chi connectivity index (χ0v) is 13.1. The summed E-state index contributed by atoms with van der Waals surface area (Å²) in [7, 11) is 0. The lowest BCUT2D eigenvalue weighted by molar-refractivity contribution is 0.101. The molecule has 2 aromatic rings. The highest BCUT2D eigenvalue weighted by Crippen LogP contribution is 2.25. The molecule has 0 spiro atoms. The van der Waals surface area contributed by atoms with Gasteiger partial charge in [0.1, 0.15) is 0 Å². The lowest BCUT2D eigenvalue weighted by Gasteiger charge is -2.20. The van der Waals surface area contributed by atoms with Gasteiger partial charge in [0.25, 0.3) is 0 Å². The van der Waals surface area contributed by atoms with Gasteiger partial charge in [0, 0.05) is 12.1 Å². The molecular weight excluding hydrogens is 258 g/mol. The van der Waals surface area contributed by atoms with Crippen molar-refractivity contribution in [3.05, 3.63) is 59.7 Å². The summed E-state index contributed by atoms with van der Waals surface area (Å²) in [6, 6.07) is 16.4. The average molecular weight is 281 g/mol. The predicted octanol–water partition coefficient (Wildman–Crippen LogP) is 4.40. The molecule has 0 saturated heterocycles. The largest absolute Gasteiger partial charge is 0.300 e. The van der Waals surface area contributed by atoms with Crippen molar-refractivity contribution in [2.24, 2.45) is 0 Å². The highest BCUT2D eigenvalue weighted by Gasteiger charge is 2.08. The molecule has 0 bridgehead atoms. The van der Waals surface area contributed by atoms with Crippen LogP contribution in [0.4, 0.5) is 0 Å². The number of nitrogens with zero attached hydrogens (tertiary/aromatic N) is 1. The van der Waals surface area contributed by atoms with E-state index in [4.69, 9.17) is 0 Å². The number of carbonyl (C=O) groups is 1. The van der Waals surface area contributed by atoms with Crippen molar-refractivity contribution in [3.63, 3.8) is 0 Å². The number of benzene rings is 2. The Morgan fingerprint density at radius 1 is 0.952 bits per heavy atom. The number of carbonyl (C=O) groups excluding carboxylic acids is 1. The Bertz CT molecular complexity index is 597. The van der Waals surface area contributed by atoms with E-state index in [9.17, 15) is 4.79 Å². The molecule has 0 radical (unpaired) electrons. The molecule has 2 aromatic carbocycles. The van der Waals surface area contributed by atoms with E-state index in [1.807, 2.05) is 24.3 Å². The second-order valence-corrected chi connectivity index (χ2v) is 5.25. The Balaban J connectivity index is 2.33. The van der Waals surface area contributed by atoms with Crippen molar-refractivity contribution in [1.82, 2.24) is 4.90 Å². The van der Waals surface area contributed by atoms with Crippen LogP contribution in [-0.2, 0) is 6.54 Å². The third-order valence-electron chi connectivity index (χ3n) is 3.91. The predicted molar refractivity (Wildman–Crippen MR) is 88.5 cm³/mol. The second-order valence-electron chi connectivity index (χ2n) is 5.25. The van der Waals surface area contributed by atoms with Gasteiger partial charge in [-0.15, -0.1) is 0 Å². The Morgan fingerprint density at radius 3 is 2.14 bits per heavy atom. The van der Waals surface area contributed by atoms with Gasteiger partial charge in [-0.1, -0.05) is 62.4 Å². The van der Waals surface area contributed by atoms with Crippen LogP contribution >= 0.6 is 0 Å². The van der Waals surface area contributed by atoms with Crippen LogP contribution in [-0.4, -0.2) is 23.8 Å². The number of rotatable bonds is 6. The molecule has 0 aromatic heterocycles. The van der Waals surface area contributed by atoms with Gasteiger partial charge in [-0.3, -0.25) is 9.69 Å². The Labute approximate surface area is 127 Å². The molecule has 0 aliphatic carbocycles. The first kappa shape index (κ1) is 15.5. The van der Waals surface area contributed by atoms with E-state index < -0.39 is 0 Å². The fourth-order valence-corrected chi connectivity index (χ4v) is 2.51. The molecule has 0 aliphatic heterocycles. The third-order valence-corrected chi connectivity index (χ3v) is 3.91. The summed E-state index contributed by atoms with van der Waals surface area (Å²) < 4.78 is 0. The Morgan fingerprint density at radius 2 is 1.57 bits per heavy atom. The second kappa shape index (κ2) is 7.19. The molecule has 21 heavy (non-hydrogen) atoms. The van der Waals surface area contributed by atoms with Gasteiger partial charge in [0.05, 0.1) is 0 Å². The molecule has 0 heterocycles. The van der Waals surface area contributed by atoms with Crippen molar-refractivity contribution in [3.8, 4) is 11.1 Å². The Kier molecular flexibility index (Phi) is 5.29. The van der Waals surface area contributed by atoms with Crippen molar-refractivity contribution in [2.75, 3.05) is 13.1 Å². The normalized spacial score (nSPS) is 10.9. The topological polar surface area (TPSA) is 20.3 Å². The van der Waals surface area contributed by atoms with Gasteiger partial charge in [-0.05, 0) is 36.7 Å². The molecule has 0 N–H and O–H groups in total. The van der Waals surface area contributed by atoms with Crippen LogP contribution in [0.3, 0.4) is 0 Å². The van der Waals surface area contributed by atoms with Gasteiger partial charge >= 0.3 is 0 Å². The summed E-state index contributed by atoms with van der Waals surface area (Å²) in [4.78, 5) is 13.8. The van der Waals surface area contributed by atoms with Crippen LogP contribution in [0.2, 0.25) is 0 Å². The minimum absolute atomic E-state index is 0.109. The van der Waals surface area contributed by atoms with Gasteiger partial charge in [0.15, 0.2) is 5.78 Å². The maximum Gasteiger partial charge on any atom is 0.159 e. The molecule has 2 rings (SSSR count). The molecule has 0 amide bonds. The highest BCUT2D eigenvalue weighted by molar-refractivity contribution is 5.94. The monoisotopic (exact) mass is 281 g/mol. The fourth-order valence-electron chi connectivity index (χ4n) is 2.51. The molecule has 110 valence electrons. The van der Waals surface area contributed by atoms with Gasteiger partial charge in [-0.2, -0.15) is 0 Å². The third kappa shape index (κ3) is 3.79. The minimum Gasteiger partial charge on any atom is -0.300 e. The van der Waals surface area contributed by atoms with Crippen molar-refractivity contribution < 1.29 is 4.79 Å². The summed E-state index contributed by atoms with van der Waals surface area (Å²) in [6.45, 7) is 9.03. The van der Waals surface area contributed by atoms with E-state index in [2.05, 4.69) is 43.0 Å². The summed E-state index contributed by atoms with van der Waals surface area (Å²) >= 11 is 0. The minimum atomic E-state index is 0.109. The van der Waals surface area contributed by atoms with Gasteiger partial charge in [-0.25, -0.2) is 0 Å². The highest BCUT2D eigenvalue weighted by atomic mass is 16.1. The zero-order chi connectivity index (χ0) is 15.2. The summed E-state index contributed by atoms with van der Waals surface area (Å²) in [6.07, 6.45) is 0. The van der Waals surface area contributed by atoms with Crippen molar-refractivity contribution in [1.29, 1.82) is 0 Å². The van der Waals surface area contributed by atoms with Crippen LogP contribution in [0.1, 0.15) is 36.7 Å². The van der Waals surface area contributed by atoms with Crippen LogP contribution < -0.4 is 0 Å². The maximum atomic E-state index is 11.4. The first-order chi connectivity index (χ1) is 10.2. The quantitative estimate of drug-likeness (QED) is 0.732. The van der Waals surface area contributed by atoms with Crippen LogP contribution in [0.15, 0.2) is 48.5 Å². The first-order valence-electron chi connectivity index (χ1n) is 7.57. The van der Waals surface area contributed by atoms with Crippen LogP contribution in [0.25, 0.3) is 11.1 Å². The van der Waals surface area contributed by atoms with Crippen LogP contribution in [0, 0.1) is 0 Å². The fraction of sp³-hybridized carbons (Fsp3) is 0.316. The molecule has 0 saturated carbocycles. The van der Waals surface area contributed by atoms with E-state index in [-0.39, 0.29) is 5.78 Å². The van der Waals surface area contributed by atoms with Crippen molar-refractivity contribution in [2.45, 2.75) is 27.3 Å². The van der Waals surface area contributed by atoms with Crippen molar-refractivity contribution >= 4 is 5.78 Å². The van der Waals surface area contributed by atoms with E-state index >= 15 is 0 Å². The molecule has 0 fully saturated rings. The average Bonchev–Trinajstić information content (AvgIpc) is 2.53. The van der Waals surface area contributed by atoms with E-state index in [1.165, 1.54) is 16.7 Å². The molecule has 0 unspecified atom stereocenters. The number of Topliss-reactive ketones (excluding diaryl/α,β-unsaturated/α-hetero) is 1. The molecule has 2 heteroatoms. The molecular formula is C19H23NO. The lowest BCUT2D eigenvalue weighted by atomic mass is 9.98. The number of hydrogen-bond acceptors (Lipinski definition) is 2. The summed E-state index contributed by atoms with van der Waals surface area (Å²) in [5.74, 6) is 0.109. The molecule has 0 atom stereocenters. The first-order valence-corrected chi connectivity index (χ1v) is 7.57. The smallest absolute Gasteiger partial charge is 0.159 e. The van der Waals surface area contributed by atoms with Crippen LogP contribution in [0.5, 0.6) is 0 Å². The summed E-state index contributed by atoms with van der Waals surface area (Å²) in [5.41, 5.74) is 4.51. The van der Waals surface area contributed by atoms with E-state index in [0.717, 1.165) is 25.2 Å². The SMILES string of the molecule is CCN(CC)Cc1ccccc1-c1ccc(C(C)=O)cc1. The van der Waals surface area contributed by atoms with E-state index in [0.29, 0.717) is 0 Å². The maximum absolute atomic E-state index is 11.4. The van der Waals surface area contributed by atoms with E-state index in [1.54, 1.807) is 6.92 Å². The standard InChI is InChI=1S/C19H23NO/c1-4-20(5-2)14-18-8-6-7-9-19(18)17-12-10-16(11-13-17)15(3)21/h6-13H,4-5,14H2,1-3H3. The Hall–Kier alpha value is -1.93.